The molecule has 0 bridgehead atoms. The van der Waals surface area contributed by atoms with E-state index in [0.29, 0.717) is 16.5 Å². The first-order valence-corrected chi connectivity index (χ1v) is 9.01. The Hall–Kier alpha value is -1.11. The maximum Gasteiger partial charge on any atom is 0.242 e. The molecule has 2 N–H and O–H groups in total. The smallest absolute Gasteiger partial charge is 0.242 e. The molecule has 0 radical (unpaired) electrons. The van der Waals surface area contributed by atoms with Crippen molar-refractivity contribution >= 4 is 15.7 Å². The summed E-state index contributed by atoms with van der Waals surface area (Å²) in [5.41, 5.74) is 0.671. The van der Waals surface area contributed by atoms with Gasteiger partial charge in [-0.2, -0.15) is 0 Å². The van der Waals surface area contributed by atoms with Crippen LogP contribution in [0.5, 0.6) is 0 Å². The minimum Gasteiger partial charge on any atom is -0.384 e. The summed E-state index contributed by atoms with van der Waals surface area (Å²) < 4.78 is 33.0. The van der Waals surface area contributed by atoms with Crippen molar-refractivity contribution in [3.05, 3.63) is 24.3 Å². The van der Waals surface area contributed by atoms with Gasteiger partial charge in [-0.3, -0.25) is 0 Å². The van der Waals surface area contributed by atoms with E-state index in [2.05, 4.69) is 17.0 Å². The lowest BCUT2D eigenvalue weighted by molar-refractivity contribution is 0.108. The first-order valence-electron chi connectivity index (χ1n) is 7.53. The maximum absolute atomic E-state index is 12.4. The molecule has 0 spiro atoms. The molecule has 5 nitrogen and oxygen atoms in total. The van der Waals surface area contributed by atoms with Crippen LogP contribution >= 0.6 is 0 Å². The Balaban J connectivity index is 1.72. The molecule has 6 heteroatoms. The molecular formula is C15H22N2O3S. The molecule has 1 aromatic rings. The van der Waals surface area contributed by atoms with E-state index in [1.807, 2.05) is 12.1 Å². The van der Waals surface area contributed by atoms with Gasteiger partial charge in [-0.05, 0) is 38.3 Å². The number of anilines is 1. The fraction of sp³-hybridized carbons (Fsp3) is 0.600. The van der Waals surface area contributed by atoms with E-state index in [0.717, 1.165) is 32.4 Å². The number of benzene rings is 1. The van der Waals surface area contributed by atoms with Gasteiger partial charge in [-0.15, -0.1) is 0 Å². The highest BCUT2D eigenvalue weighted by atomic mass is 32.2. The summed E-state index contributed by atoms with van der Waals surface area (Å²) in [6.45, 7) is 3.59. The van der Waals surface area contributed by atoms with Crippen LogP contribution in [-0.4, -0.2) is 33.7 Å². The lowest BCUT2D eigenvalue weighted by Gasteiger charge is -2.18. The van der Waals surface area contributed by atoms with Crippen LogP contribution in [0.4, 0.5) is 5.69 Å². The third-order valence-corrected chi connectivity index (χ3v) is 5.74. The highest BCUT2D eigenvalue weighted by Crippen LogP contribution is 2.27. The van der Waals surface area contributed by atoms with E-state index in [-0.39, 0.29) is 12.1 Å². The summed E-state index contributed by atoms with van der Waals surface area (Å²) in [6, 6.07) is 7.20. The second-order valence-electron chi connectivity index (χ2n) is 5.90. The first-order chi connectivity index (χ1) is 10.1. The summed E-state index contributed by atoms with van der Waals surface area (Å²) in [4.78, 5) is 0.337. The van der Waals surface area contributed by atoms with Gasteiger partial charge >= 0.3 is 0 Å². The zero-order valence-electron chi connectivity index (χ0n) is 12.2. The summed E-state index contributed by atoms with van der Waals surface area (Å²) >= 11 is 0. The highest BCUT2D eigenvalue weighted by molar-refractivity contribution is 7.89. The Bertz CT molecular complexity index is 599. The van der Waals surface area contributed by atoms with Gasteiger partial charge in [0.15, 0.2) is 0 Å². The van der Waals surface area contributed by atoms with Crippen LogP contribution in [0.25, 0.3) is 0 Å². The number of hydrogen-bond donors (Lipinski definition) is 2. The number of sulfonamides is 1. The Kier molecular flexibility index (Phi) is 4.19. The molecular weight excluding hydrogens is 288 g/mol. The van der Waals surface area contributed by atoms with Gasteiger partial charge in [-0.25, -0.2) is 13.1 Å². The summed E-state index contributed by atoms with van der Waals surface area (Å²) in [7, 11) is -3.43. The normalized spacial score (nSPS) is 26.0. The highest BCUT2D eigenvalue weighted by Gasteiger charge is 2.30. The third-order valence-electron chi connectivity index (χ3n) is 4.16. The van der Waals surface area contributed by atoms with Crippen LogP contribution in [0, 0.1) is 5.92 Å². The Morgan fingerprint density at radius 3 is 2.67 bits per heavy atom. The van der Waals surface area contributed by atoms with Gasteiger partial charge in [-0.1, -0.05) is 12.1 Å². The predicted molar refractivity (Wildman–Crippen MR) is 81.8 cm³/mol. The number of nitrogens with one attached hydrogen (secondary N) is 2. The number of para-hydroxylation sites is 1. The van der Waals surface area contributed by atoms with E-state index in [9.17, 15) is 8.42 Å². The van der Waals surface area contributed by atoms with Crippen molar-refractivity contribution in [2.75, 3.05) is 18.5 Å². The third kappa shape index (κ3) is 3.56. The Morgan fingerprint density at radius 1 is 1.24 bits per heavy atom. The number of ether oxygens (including phenoxy) is 1. The van der Waals surface area contributed by atoms with Crippen molar-refractivity contribution in [1.82, 2.24) is 4.72 Å². The summed E-state index contributed by atoms with van der Waals surface area (Å²) in [5, 5.41) is 3.29. The minimum atomic E-state index is -3.43. The largest absolute Gasteiger partial charge is 0.384 e. The van der Waals surface area contributed by atoms with Crippen LogP contribution in [0.2, 0.25) is 0 Å². The Labute approximate surface area is 126 Å². The average Bonchev–Trinajstić information content (AvgIpc) is 3.16. The second kappa shape index (κ2) is 5.94. The lowest BCUT2D eigenvalue weighted by Crippen LogP contribution is -2.27. The fourth-order valence-electron chi connectivity index (χ4n) is 2.62. The second-order valence-corrected chi connectivity index (χ2v) is 7.58. The van der Waals surface area contributed by atoms with E-state index < -0.39 is 10.0 Å². The van der Waals surface area contributed by atoms with Gasteiger partial charge in [0.05, 0.1) is 11.8 Å². The monoisotopic (exact) mass is 310 g/mol. The quantitative estimate of drug-likeness (QED) is 0.843. The molecule has 1 aromatic carbocycles. The molecule has 1 saturated carbocycles. The van der Waals surface area contributed by atoms with E-state index >= 15 is 0 Å². The van der Waals surface area contributed by atoms with Crippen molar-refractivity contribution < 1.29 is 13.2 Å². The molecule has 2 aliphatic rings. The van der Waals surface area contributed by atoms with Gasteiger partial charge in [0, 0.05) is 25.1 Å². The van der Waals surface area contributed by atoms with Crippen molar-refractivity contribution in [2.45, 2.75) is 43.2 Å². The van der Waals surface area contributed by atoms with Crippen LogP contribution in [0.1, 0.15) is 26.2 Å². The van der Waals surface area contributed by atoms with E-state index in [4.69, 9.17) is 4.74 Å². The Morgan fingerprint density at radius 2 is 2.00 bits per heavy atom. The first kappa shape index (κ1) is 14.8. The topological polar surface area (TPSA) is 67.4 Å². The number of rotatable bonds is 6. The maximum atomic E-state index is 12.4. The molecule has 2 fully saturated rings. The van der Waals surface area contributed by atoms with Crippen molar-refractivity contribution in [3.63, 3.8) is 0 Å². The zero-order valence-corrected chi connectivity index (χ0v) is 13.0. The van der Waals surface area contributed by atoms with E-state index in [1.54, 1.807) is 12.1 Å². The summed E-state index contributed by atoms with van der Waals surface area (Å²) in [6.07, 6.45) is 3.12. The molecule has 2 atom stereocenters. The fourth-order valence-corrected chi connectivity index (χ4v) is 4.11. The molecule has 116 valence electrons. The van der Waals surface area contributed by atoms with Crippen molar-refractivity contribution in [2.24, 2.45) is 5.92 Å². The zero-order chi connectivity index (χ0) is 14.9. The molecule has 3 rings (SSSR count). The SMILES string of the molecule is CC1OCCC1CNc1ccccc1S(=O)(=O)NC1CC1. The molecule has 1 aliphatic heterocycles. The lowest BCUT2D eigenvalue weighted by atomic mass is 10.0. The van der Waals surface area contributed by atoms with Gasteiger partial charge in [0.1, 0.15) is 4.90 Å². The molecule has 0 aromatic heterocycles. The van der Waals surface area contributed by atoms with Crippen LogP contribution in [0.15, 0.2) is 29.2 Å². The summed E-state index contributed by atoms with van der Waals surface area (Å²) in [5.74, 6) is 0.428. The van der Waals surface area contributed by atoms with Crippen molar-refractivity contribution in [3.8, 4) is 0 Å². The van der Waals surface area contributed by atoms with Gasteiger partial charge in [0.25, 0.3) is 0 Å². The standard InChI is InChI=1S/C15H22N2O3S/c1-11-12(8-9-20-11)10-16-14-4-2-3-5-15(14)21(18,19)17-13-6-7-13/h2-5,11-13,16-17H,6-10H2,1H3. The van der Waals surface area contributed by atoms with Crippen LogP contribution < -0.4 is 10.0 Å². The predicted octanol–water partition coefficient (Wildman–Crippen LogP) is 1.96. The molecule has 1 saturated heterocycles. The van der Waals surface area contributed by atoms with Crippen LogP contribution in [-0.2, 0) is 14.8 Å². The molecule has 2 unspecified atom stereocenters. The van der Waals surface area contributed by atoms with Gasteiger partial charge < -0.3 is 10.1 Å². The van der Waals surface area contributed by atoms with Crippen LogP contribution in [0.3, 0.4) is 0 Å². The minimum absolute atomic E-state index is 0.117. The van der Waals surface area contributed by atoms with E-state index in [1.165, 1.54) is 0 Å². The average molecular weight is 310 g/mol. The molecule has 1 heterocycles. The molecule has 21 heavy (non-hydrogen) atoms. The molecule has 0 amide bonds. The van der Waals surface area contributed by atoms with Gasteiger partial charge in [0.2, 0.25) is 10.0 Å². The molecule has 1 aliphatic carbocycles. The number of hydrogen-bond acceptors (Lipinski definition) is 4. The van der Waals surface area contributed by atoms with Crippen molar-refractivity contribution in [1.29, 1.82) is 0 Å².